The average molecular weight is 353 g/mol. The largest absolute Gasteiger partial charge is 0.325 e. The number of nitrogens with zero attached hydrogens (tertiary/aromatic N) is 1. The van der Waals surface area contributed by atoms with E-state index in [0.717, 1.165) is 11.3 Å². The molecule has 0 spiro atoms. The first-order valence-electron chi connectivity index (χ1n) is 7.87. The quantitative estimate of drug-likeness (QED) is 0.761. The second kappa shape index (κ2) is 5.97. The summed E-state index contributed by atoms with van der Waals surface area (Å²) in [5.41, 5.74) is 1.70. The molecule has 25 heavy (non-hydrogen) atoms. The van der Waals surface area contributed by atoms with Gasteiger partial charge in [0, 0.05) is 29.0 Å². The van der Waals surface area contributed by atoms with E-state index in [9.17, 15) is 9.18 Å². The van der Waals surface area contributed by atoms with Crippen LogP contribution in [-0.4, -0.2) is 10.9 Å². The molecule has 3 aromatic rings. The molecule has 1 amide bonds. The highest BCUT2D eigenvalue weighted by atomic mass is 35.5. The van der Waals surface area contributed by atoms with Crippen molar-refractivity contribution in [1.29, 1.82) is 0 Å². The van der Waals surface area contributed by atoms with E-state index in [1.807, 2.05) is 30.3 Å². The molecular weight excluding hydrogens is 339 g/mol. The molecule has 2 aromatic carbocycles. The molecule has 0 saturated carbocycles. The highest BCUT2D eigenvalue weighted by Crippen LogP contribution is 2.45. The molecule has 2 heterocycles. The normalized spacial score (nSPS) is 18.7. The molecule has 1 atom stereocenters. The van der Waals surface area contributed by atoms with Gasteiger partial charge in [-0.25, -0.2) is 4.39 Å². The third-order valence-corrected chi connectivity index (χ3v) is 4.84. The summed E-state index contributed by atoms with van der Waals surface area (Å²) >= 11 is 6.01. The molecule has 124 valence electrons. The number of aromatic nitrogens is 1. The molecule has 1 aromatic heterocycles. The molecule has 0 aliphatic carbocycles. The van der Waals surface area contributed by atoms with Gasteiger partial charge in [0.2, 0.25) is 5.91 Å². The summed E-state index contributed by atoms with van der Waals surface area (Å²) in [5, 5.41) is 3.46. The molecule has 1 N–H and O–H groups in total. The molecule has 3 nitrogen and oxygen atoms in total. The van der Waals surface area contributed by atoms with Gasteiger partial charge in [-0.2, -0.15) is 0 Å². The molecule has 0 bridgehead atoms. The van der Waals surface area contributed by atoms with E-state index in [4.69, 9.17) is 11.6 Å². The number of hydrogen-bond acceptors (Lipinski definition) is 2. The van der Waals surface area contributed by atoms with Crippen LogP contribution in [0.3, 0.4) is 0 Å². The van der Waals surface area contributed by atoms with E-state index in [1.165, 1.54) is 12.1 Å². The summed E-state index contributed by atoms with van der Waals surface area (Å²) in [4.78, 5) is 17.4. The first kappa shape index (κ1) is 15.8. The number of carbonyl (C=O) groups is 1. The minimum Gasteiger partial charge on any atom is -0.325 e. The maximum absolute atomic E-state index is 14.0. The van der Waals surface area contributed by atoms with Crippen molar-refractivity contribution in [3.05, 3.63) is 94.5 Å². The predicted octanol–water partition coefficient (Wildman–Crippen LogP) is 4.36. The van der Waals surface area contributed by atoms with Gasteiger partial charge in [0.05, 0.1) is 0 Å². The third kappa shape index (κ3) is 2.59. The van der Waals surface area contributed by atoms with Crippen LogP contribution >= 0.6 is 11.6 Å². The number of rotatable bonds is 3. The minimum atomic E-state index is -1.05. The van der Waals surface area contributed by atoms with E-state index >= 15 is 0 Å². The SMILES string of the molecule is O=C1Nc2ccc(F)cc2C1(Cc1ccccn1)c1ccc(Cl)cc1. The molecule has 5 heteroatoms. The van der Waals surface area contributed by atoms with Gasteiger partial charge in [-0.3, -0.25) is 9.78 Å². The van der Waals surface area contributed by atoms with Gasteiger partial charge >= 0.3 is 0 Å². The number of benzene rings is 2. The molecule has 1 unspecified atom stereocenters. The Morgan fingerprint density at radius 2 is 1.88 bits per heavy atom. The van der Waals surface area contributed by atoms with Crippen LogP contribution in [0.15, 0.2) is 66.9 Å². The van der Waals surface area contributed by atoms with Crippen molar-refractivity contribution in [2.45, 2.75) is 11.8 Å². The maximum atomic E-state index is 14.0. The van der Waals surface area contributed by atoms with E-state index in [2.05, 4.69) is 10.3 Å². The number of fused-ring (bicyclic) bond motifs is 1. The Kier molecular flexibility index (Phi) is 3.77. The van der Waals surface area contributed by atoms with Gasteiger partial charge in [0.15, 0.2) is 0 Å². The van der Waals surface area contributed by atoms with Crippen LogP contribution in [-0.2, 0) is 16.6 Å². The van der Waals surface area contributed by atoms with Crippen LogP contribution in [0.2, 0.25) is 5.02 Å². The van der Waals surface area contributed by atoms with E-state index in [0.29, 0.717) is 22.7 Å². The summed E-state index contributed by atoms with van der Waals surface area (Å²) < 4.78 is 14.0. The lowest BCUT2D eigenvalue weighted by molar-refractivity contribution is -0.119. The van der Waals surface area contributed by atoms with Crippen molar-refractivity contribution in [3.8, 4) is 0 Å². The number of pyridine rings is 1. The number of carbonyl (C=O) groups excluding carboxylic acids is 1. The highest BCUT2D eigenvalue weighted by Gasteiger charge is 2.48. The molecular formula is C20H14ClFN2O. The summed E-state index contributed by atoms with van der Waals surface area (Å²) in [5.74, 6) is -0.573. The van der Waals surface area contributed by atoms with E-state index < -0.39 is 5.41 Å². The Bertz CT molecular complexity index is 944. The zero-order valence-corrected chi connectivity index (χ0v) is 13.9. The van der Waals surface area contributed by atoms with E-state index in [-0.39, 0.29) is 11.7 Å². The van der Waals surface area contributed by atoms with E-state index in [1.54, 1.807) is 24.4 Å². The van der Waals surface area contributed by atoms with Crippen LogP contribution in [0.4, 0.5) is 10.1 Å². The minimum absolute atomic E-state index is 0.193. The van der Waals surface area contributed by atoms with Gasteiger partial charge in [0.1, 0.15) is 11.2 Å². The fourth-order valence-electron chi connectivity index (χ4n) is 3.40. The summed E-state index contributed by atoms with van der Waals surface area (Å²) in [6.07, 6.45) is 2.02. The fraction of sp³-hybridized carbons (Fsp3) is 0.100. The van der Waals surface area contributed by atoms with Gasteiger partial charge in [-0.1, -0.05) is 29.8 Å². The Morgan fingerprint density at radius 1 is 1.08 bits per heavy atom. The van der Waals surface area contributed by atoms with Gasteiger partial charge in [-0.05, 0) is 53.6 Å². The number of hydrogen-bond donors (Lipinski definition) is 1. The van der Waals surface area contributed by atoms with Gasteiger partial charge in [-0.15, -0.1) is 0 Å². The van der Waals surface area contributed by atoms with Crippen LogP contribution in [0.25, 0.3) is 0 Å². The van der Waals surface area contributed by atoms with Gasteiger partial charge in [0.25, 0.3) is 0 Å². The fourth-order valence-corrected chi connectivity index (χ4v) is 3.53. The molecule has 4 rings (SSSR count). The lowest BCUT2D eigenvalue weighted by Crippen LogP contribution is -2.38. The summed E-state index contributed by atoms with van der Waals surface area (Å²) in [6.45, 7) is 0. The smallest absolute Gasteiger partial charge is 0.239 e. The summed E-state index contributed by atoms with van der Waals surface area (Å²) in [6, 6.07) is 17.0. The van der Waals surface area contributed by atoms with Crippen LogP contribution < -0.4 is 5.32 Å². The van der Waals surface area contributed by atoms with Gasteiger partial charge < -0.3 is 5.32 Å². The summed E-state index contributed by atoms with van der Waals surface area (Å²) in [7, 11) is 0. The third-order valence-electron chi connectivity index (χ3n) is 4.59. The monoisotopic (exact) mass is 352 g/mol. The Hall–Kier alpha value is -2.72. The zero-order valence-electron chi connectivity index (χ0n) is 13.2. The first-order chi connectivity index (χ1) is 12.1. The number of amides is 1. The molecule has 0 radical (unpaired) electrons. The standard InChI is InChI=1S/C20H14ClFN2O/c21-14-6-4-13(5-7-14)20(12-16-3-1-2-10-23-16)17-11-15(22)8-9-18(17)24-19(20)25/h1-11H,12H2,(H,24,25). The Morgan fingerprint density at radius 3 is 2.60 bits per heavy atom. The Labute approximate surface area is 149 Å². The molecule has 0 fully saturated rings. The molecule has 0 saturated heterocycles. The van der Waals surface area contributed by atoms with Crippen molar-refractivity contribution in [3.63, 3.8) is 0 Å². The number of halogens is 2. The second-order valence-corrected chi connectivity index (χ2v) is 6.49. The highest BCUT2D eigenvalue weighted by molar-refractivity contribution is 6.30. The van der Waals surface area contributed by atoms with Crippen molar-refractivity contribution < 1.29 is 9.18 Å². The Balaban J connectivity index is 1.95. The van der Waals surface area contributed by atoms with Crippen LogP contribution in [0.1, 0.15) is 16.8 Å². The first-order valence-corrected chi connectivity index (χ1v) is 8.25. The number of nitrogens with one attached hydrogen (secondary N) is 1. The zero-order chi connectivity index (χ0) is 17.4. The topological polar surface area (TPSA) is 42.0 Å². The van der Waals surface area contributed by atoms with Crippen LogP contribution in [0.5, 0.6) is 0 Å². The average Bonchev–Trinajstić information content (AvgIpc) is 2.89. The second-order valence-electron chi connectivity index (χ2n) is 6.05. The molecule has 1 aliphatic rings. The lowest BCUT2D eigenvalue weighted by atomic mass is 9.72. The van der Waals surface area contributed by atoms with Crippen molar-refractivity contribution >= 4 is 23.2 Å². The number of anilines is 1. The lowest BCUT2D eigenvalue weighted by Gasteiger charge is -2.28. The van der Waals surface area contributed by atoms with Crippen molar-refractivity contribution in [1.82, 2.24) is 4.98 Å². The maximum Gasteiger partial charge on any atom is 0.239 e. The molecule has 1 aliphatic heterocycles. The predicted molar refractivity (Wildman–Crippen MR) is 95.2 cm³/mol. The van der Waals surface area contributed by atoms with Crippen LogP contribution in [0, 0.1) is 5.82 Å². The van der Waals surface area contributed by atoms with Crippen molar-refractivity contribution in [2.75, 3.05) is 5.32 Å². The van der Waals surface area contributed by atoms with Crippen molar-refractivity contribution in [2.24, 2.45) is 0 Å².